The minimum atomic E-state index is 1.21. The van der Waals surface area contributed by atoms with Gasteiger partial charge in [-0.05, 0) is 57.8 Å². The summed E-state index contributed by atoms with van der Waals surface area (Å²) in [7, 11) is 0. The number of hydrogen-bond donors (Lipinski definition) is 1. The minimum absolute atomic E-state index is 1.21. The van der Waals surface area contributed by atoms with Gasteiger partial charge in [0.15, 0.2) is 0 Å². The van der Waals surface area contributed by atoms with Crippen LogP contribution in [0.5, 0.6) is 0 Å². The maximum Gasteiger partial charge on any atom is 0.0197 e. The zero-order valence-corrected chi connectivity index (χ0v) is 13.3. The standard InChI is InChI=1S/C22H17N/c1-13-12-20(14(2)23-13)18-10-8-17-7-6-15-4-3-5-16-9-11-19(18)22(17)21(15)16/h3-12,23H,1-2H3. The molecule has 0 bridgehead atoms. The van der Waals surface area contributed by atoms with Crippen molar-refractivity contribution in [1.82, 2.24) is 4.98 Å². The van der Waals surface area contributed by atoms with E-state index in [1.807, 2.05) is 0 Å². The predicted molar refractivity (Wildman–Crippen MR) is 99.4 cm³/mol. The van der Waals surface area contributed by atoms with Crippen molar-refractivity contribution in [3.05, 3.63) is 72.1 Å². The van der Waals surface area contributed by atoms with Crippen molar-refractivity contribution in [1.29, 1.82) is 0 Å². The molecule has 0 fully saturated rings. The molecule has 0 radical (unpaired) electrons. The van der Waals surface area contributed by atoms with Gasteiger partial charge in [-0.3, -0.25) is 0 Å². The second-order valence-corrected chi connectivity index (χ2v) is 6.46. The van der Waals surface area contributed by atoms with E-state index in [0.717, 1.165) is 0 Å². The first-order chi connectivity index (χ1) is 11.2. The number of rotatable bonds is 1. The lowest BCUT2D eigenvalue weighted by Crippen LogP contribution is -1.87. The van der Waals surface area contributed by atoms with E-state index in [4.69, 9.17) is 0 Å². The molecule has 4 aromatic carbocycles. The molecule has 1 nitrogen and oxygen atoms in total. The lowest BCUT2D eigenvalue weighted by Gasteiger charge is -2.13. The molecular weight excluding hydrogens is 278 g/mol. The summed E-state index contributed by atoms with van der Waals surface area (Å²) >= 11 is 0. The van der Waals surface area contributed by atoms with Gasteiger partial charge in [0, 0.05) is 17.0 Å². The predicted octanol–water partition coefficient (Wildman–Crippen LogP) is 6.20. The number of aromatic amines is 1. The molecule has 0 amide bonds. The summed E-state index contributed by atoms with van der Waals surface area (Å²) < 4.78 is 0. The number of aromatic nitrogens is 1. The van der Waals surface area contributed by atoms with Gasteiger partial charge >= 0.3 is 0 Å². The largest absolute Gasteiger partial charge is 0.362 e. The highest BCUT2D eigenvalue weighted by Gasteiger charge is 2.13. The van der Waals surface area contributed by atoms with E-state index in [1.165, 1.54) is 54.8 Å². The molecule has 1 aromatic heterocycles. The normalized spacial score (nSPS) is 11.9. The van der Waals surface area contributed by atoms with Gasteiger partial charge in [-0.2, -0.15) is 0 Å². The smallest absolute Gasteiger partial charge is 0.0197 e. The molecule has 0 aliphatic carbocycles. The van der Waals surface area contributed by atoms with Crippen LogP contribution in [0.4, 0.5) is 0 Å². The maximum atomic E-state index is 3.43. The van der Waals surface area contributed by atoms with Crippen LogP contribution < -0.4 is 0 Å². The molecule has 1 heteroatoms. The molecule has 110 valence electrons. The molecule has 0 atom stereocenters. The van der Waals surface area contributed by atoms with Gasteiger partial charge in [0.05, 0.1) is 0 Å². The van der Waals surface area contributed by atoms with Crippen LogP contribution >= 0.6 is 0 Å². The summed E-state index contributed by atoms with van der Waals surface area (Å²) in [4.78, 5) is 3.43. The van der Waals surface area contributed by atoms with E-state index in [9.17, 15) is 0 Å². The molecule has 23 heavy (non-hydrogen) atoms. The maximum absolute atomic E-state index is 3.43. The minimum Gasteiger partial charge on any atom is -0.362 e. The third kappa shape index (κ3) is 1.68. The highest BCUT2D eigenvalue weighted by atomic mass is 14.7. The molecule has 0 spiro atoms. The van der Waals surface area contributed by atoms with Crippen molar-refractivity contribution in [2.24, 2.45) is 0 Å². The quantitative estimate of drug-likeness (QED) is 0.355. The SMILES string of the molecule is Cc1cc(-c2ccc3ccc4cccc5ccc2c3c45)c(C)[nH]1. The molecular formula is C22H17N. The lowest BCUT2D eigenvalue weighted by atomic mass is 9.90. The van der Waals surface area contributed by atoms with Crippen LogP contribution in [0.2, 0.25) is 0 Å². The zero-order valence-electron chi connectivity index (χ0n) is 13.3. The van der Waals surface area contributed by atoms with E-state index in [-0.39, 0.29) is 0 Å². The molecule has 5 aromatic rings. The van der Waals surface area contributed by atoms with Crippen molar-refractivity contribution >= 4 is 32.3 Å². The first kappa shape index (κ1) is 12.7. The first-order valence-electron chi connectivity index (χ1n) is 8.05. The Hall–Kier alpha value is -2.80. The average Bonchev–Trinajstić information content (AvgIpc) is 2.91. The topological polar surface area (TPSA) is 15.8 Å². The van der Waals surface area contributed by atoms with Crippen molar-refractivity contribution in [2.75, 3.05) is 0 Å². The third-order valence-corrected chi connectivity index (χ3v) is 4.97. The Kier molecular flexibility index (Phi) is 2.41. The highest BCUT2D eigenvalue weighted by Crippen LogP contribution is 2.39. The monoisotopic (exact) mass is 295 g/mol. The zero-order chi connectivity index (χ0) is 15.6. The Bertz CT molecular complexity index is 1160. The van der Waals surface area contributed by atoms with Crippen molar-refractivity contribution in [3.63, 3.8) is 0 Å². The number of aryl methyl sites for hydroxylation is 2. The lowest BCUT2D eigenvalue weighted by molar-refractivity contribution is 1.19. The summed E-state index contributed by atoms with van der Waals surface area (Å²) in [5.74, 6) is 0. The fourth-order valence-corrected chi connectivity index (χ4v) is 3.97. The van der Waals surface area contributed by atoms with Gasteiger partial charge in [0.2, 0.25) is 0 Å². The van der Waals surface area contributed by atoms with Crippen LogP contribution in [0.15, 0.2) is 60.7 Å². The van der Waals surface area contributed by atoms with Gasteiger partial charge in [-0.25, -0.2) is 0 Å². The van der Waals surface area contributed by atoms with Crippen LogP contribution in [-0.2, 0) is 0 Å². The number of nitrogens with one attached hydrogen (secondary N) is 1. The third-order valence-electron chi connectivity index (χ3n) is 4.97. The first-order valence-corrected chi connectivity index (χ1v) is 8.05. The van der Waals surface area contributed by atoms with E-state index in [1.54, 1.807) is 0 Å². The second-order valence-electron chi connectivity index (χ2n) is 6.46. The summed E-state index contributed by atoms with van der Waals surface area (Å²) in [6.07, 6.45) is 0. The second kappa shape index (κ2) is 4.36. The van der Waals surface area contributed by atoms with Crippen molar-refractivity contribution < 1.29 is 0 Å². The highest BCUT2D eigenvalue weighted by molar-refractivity contribution is 6.25. The Morgan fingerprint density at radius 2 is 1.30 bits per heavy atom. The fraction of sp³-hybridized carbons (Fsp3) is 0.0909. The Labute approximate surface area is 134 Å². The van der Waals surface area contributed by atoms with Gasteiger partial charge in [0.25, 0.3) is 0 Å². The van der Waals surface area contributed by atoms with Crippen LogP contribution in [0.25, 0.3) is 43.4 Å². The van der Waals surface area contributed by atoms with Crippen molar-refractivity contribution in [2.45, 2.75) is 13.8 Å². The number of H-pyrrole nitrogens is 1. The molecule has 0 aliphatic heterocycles. The van der Waals surface area contributed by atoms with E-state index in [2.05, 4.69) is 79.5 Å². The molecule has 0 unspecified atom stereocenters. The Balaban J connectivity index is 2.01. The van der Waals surface area contributed by atoms with Crippen LogP contribution in [0.1, 0.15) is 11.4 Å². The van der Waals surface area contributed by atoms with Gasteiger partial charge in [-0.15, -0.1) is 0 Å². The van der Waals surface area contributed by atoms with Crippen molar-refractivity contribution in [3.8, 4) is 11.1 Å². The molecule has 0 aliphatic rings. The van der Waals surface area contributed by atoms with Crippen LogP contribution in [0, 0.1) is 13.8 Å². The number of hydrogen-bond acceptors (Lipinski definition) is 0. The molecule has 1 heterocycles. The Morgan fingerprint density at radius 1 is 0.652 bits per heavy atom. The van der Waals surface area contributed by atoms with Crippen LogP contribution in [-0.4, -0.2) is 4.98 Å². The number of benzene rings is 4. The summed E-state index contributed by atoms with van der Waals surface area (Å²) in [6.45, 7) is 4.27. The summed E-state index contributed by atoms with van der Waals surface area (Å²) in [5.41, 5.74) is 5.07. The van der Waals surface area contributed by atoms with E-state index >= 15 is 0 Å². The molecule has 5 rings (SSSR count). The van der Waals surface area contributed by atoms with Gasteiger partial charge < -0.3 is 4.98 Å². The fourth-order valence-electron chi connectivity index (χ4n) is 3.97. The average molecular weight is 295 g/mol. The molecule has 0 saturated heterocycles. The van der Waals surface area contributed by atoms with E-state index in [0.29, 0.717) is 0 Å². The molecule has 1 N–H and O–H groups in total. The van der Waals surface area contributed by atoms with Gasteiger partial charge in [-0.1, -0.05) is 54.6 Å². The Morgan fingerprint density at radius 3 is 2.00 bits per heavy atom. The molecule has 0 saturated carbocycles. The van der Waals surface area contributed by atoms with E-state index < -0.39 is 0 Å². The van der Waals surface area contributed by atoms with Crippen LogP contribution in [0.3, 0.4) is 0 Å². The summed E-state index contributed by atoms with van der Waals surface area (Å²) in [5, 5.41) is 8.07. The summed E-state index contributed by atoms with van der Waals surface area (Å²) in [6, 6.07) is 22.3. The van der Waals surface area contributed by atoms with Gasteiger partial charge in [0.1, 0.15) is 0 Å².